The van der Waals surface area contributed by atoms with Gasteiger partial charge in [-0.25, -0.2) is 4.79 Å². The number of amides is 1. The number of para-hydroxylation sites is 1. The number of anilines is 1. The number of piperidine rings is 1. The second-order valence-electron chi connectivity index (χ2n) is 7.74. The van der Waals surface area contributed by atoms with Crippen LogP contribution >= 0.6 is 0 Å². The maximum atomic E-state index is 13.4. The number of likely N-dealkylation sites (tertiary alicyclic amines) is 1. The zero-order valence-corrected chi connectivity index (χ0v) is 14.9. The van der Waals surface area contributed by atoms with E-state index in [1.165, 1.54) is 6.07 Å². The van der Waals surface area contributed by atoms with Gasteiger partial charge in [-0.3, -0.25) is 0 Å². The molecular weight excluding hydrogens is 333 g/mol. The predicted octanol–water partition coefficient (Wildman–Crippen LogP) is 4.25. The summed E-state index contributed by atoms with van der Waals surface area (Å²) in [6, 6.07) is 4.28. The van der Waals surface area contributed by atoms with Crippen LogP contribution in [-0.4, -0.2) is 42.8 Å². The van der Waals surface area contributed by atoms with Gasteiger partial charge in [0.25, 0.3) is 0 Å². The third-order valence-corrected chi connectivity index (χ3v) is 4.85. The molecule has 138 valence electrons. The Labute approximate surface area is 145 Å². The summed E-state index contributed by atoms with van der Waals surface area (Å²) in [5, 5.41) is 0. The number of halogens is 3. The molecule has 0 aromatic heterocycles. The summed E-state index contributed by atoms with van der Waals surface area (Å²) in [4.78, 5) is 15.7. The minimum absolute atomic E-state index is 0.0304. The highest BCUT2D eigenvalue weighted by molar-refractivity contribution is 5.71. The molecule has 0 bridgehead atoms. The van der Waals surface area contributed by atoms with Crippen LogP contribution in [0.2, 0.25) is 0 Å². The molecule has 1 fully saturated rings. The van der Waals surface area contributed by atoms with Gasteiger partial charge in [0, 0.05) is 32.1 Å². The molecule has 2 atom stereocenters. The van der Waals surface area contributed by atoms with E-state index in [-0.39, 0.29) is 17.6 Å². The number of likely N-dealkylation sites (N-methyl/N-ethyl adjacent to an activating group) is 1. The van der Waals surface area contributed by atoms with Crippen LogP contribution in [0.1, 0.15) is 44.2 Å². The van der Waals surface area contributed by atoms with Crippen molar-refractivity contribution in [3.05, 3.63) is 29.3 Å². The van der Waals surface area contributed by atoms with Gasteiger partial charge in [0.1, 0.15) is 5.60 Å². The first-order valence-corrected chi connectivity index (χ1v) is 8.40. The average molecular weight is 356 g/mol. The lowest BCUT2D eigenvalue weighted by molar-refractivity contribution is -0.137. The molecule has 0 aliphatic carbocycles. The van der Waals surface area contributed by atoms with E-state index in [9.17, 15) is 18.0 Å². The van der Waals surface area contributed by atoms with Gasteiger partial charge in [-0.2, -0.15) is 13.2 Å². The normalized spacial score (nSPS) is 23.3. The summed E-state index contributed by atoms with van der Waals surface area (Å²) in [6.07, 6.45) is -4.18. The SMILES string of the molecule is CN1c2c(cccc2C(F)(F)F)[C@H]2CN(C(=O)OC(C)(C)C)CC[C@H]21. The molecule has 1 aromatic rings. The highest BCUT2D eigenvalue weighted by Gasteiger charge is 2.46. The molecule has 0 unspecified atom stereocenters. The number of fused-ring (bicyclic) bond motifs is 3. The van der Waals surface area contributed by atoms with Crippen LogP contribution in [0.5, 0.6) is 0 Å². The maximum absolute atomic E-state index is 13.4. The number of nitrogens with zero attached hydrogens (tertiary/aromatic N) is 2. The van der Waals surface area contributed by atoms with Gasteiger partial charge in [-0.1, -0.05) is 12.1 Å². The fourth-order valence-electron chi connectivity index (χ4n) is 3.85. The summed E-state index contributed by atoms with van der Waals surface area (Å²) in [6.45, 7) is 6.25. The van der Waals surface area contributed by atoms with E-state index in [1.807, 2.05) is 0 Å². The van der Waals surface area contributed by atoms with E-state index < -0.39 is 23.4 Å². The van der Waals surface area contributed by atoms with E-state index in [2.05, 4.69) is 0 Å². The molecule has 2 aliphatic heterocycles. The molecule has 1 saturated heterocycles. The highest BCUT2D eigenvalue weighted by atomic mass is 19.4. The lowest BCUT2D eigenvalue weighted by atomic mass is 9.89. The number of ether oxygens (including phenoxy) is 1. The van der Waals surface area contributed by atoms with Gasteiger partial charge in [0.05, 0.1) is 11.3 Å². The topological polar surface area (TPSA) is 32.8 Å². The summed E-state index contributed by atoms with van der Waals surface area (Å²) in [7, 11) is 1.71. The number of rotatable bonds is 0. The molecule has 2 heterocycles. The lowest BCUT2D eigenvalue weighted by Crippen LogP contribution is -2.48. The number of hydrogen-bond donors (Lipinski definition) is 0. The molecule has 2 aliphatic rings. The van der Waals surface area contributed by atoms with Crippen molar-refractivity contribution in [3.63, 3.8) is 0 Å². The van der Waals surface area contributed by atoms with Crippen LogP contribution in [0, 0.1) is 0 Å². The van der Waals surface area contributed by atoms with Gasteiger partial charge in [-0.05, 0) is 38.8 Å². The van der Waals surface area contributed by atoms with E-state index in [0.29, 0.717) is 25.1 Å². The third kappa shape index (κ3) is 3.28. The van der Waals surface area contributed by atoms with Gasteiger partial charge in [-0.15, -0.1) is 0 Å². The van der Waals surface area contributed by atoms with E-state index >= 15 is 0 Å². The van der Waals surface area contributed by atoms with Crippen molar-refractivity contribution in [1.29, 1.82) is 0 Å². The first kappa shape index (κ1) is 17.9. The molecule has 4 nitrogen and oxygen atoms in total. The summed E-state index contributed by atoms with van der Waals surface area (Å²) in [5.41, 5.74) is -0.292. The third-order valence-electron chi connectivity index (χ3n) is 4.85. The van der Waals surface area contributed by atoms with Crippen molar-refractivity contribution in [2.45, 2.75) is 50.9 Å². The van der Waals surface area contributed by atoms with Crippen LogP contribution in [0.4, 0.5) is 23.7 Å². The molecule has 3 rings (SSSR count). The Balaban J connectivity index is 1.89. The monoisotopic (exact) mass is 356 g/mol. The molecule has 0 saturated carbocycles. The Morgan fingerprint density at radius 2 is 1.92 bits per heavy atom. The van der Waals surface area contributed by atoms with Gasteiger partial charge in [0.2, 0.25) is 0 Å². The van der Waals surface area contributed by atoms with Crippen LogP contribution in [0.25, 0.3) is 0 Å². The molecule has 0 N–H and O–H groups in total. The van der Waals surface area contributed by atoms with Crippen molar-refractivity contribution < 1.29 is 22.7 Å². The van der Waals surface area contributed by atoms with E-state index in [4.69, 9.17) is 4.74 Å². The van der Waals surface area contributed by atoms with Crippen LogP contribution in [-0.2, 0) is 10.9 Å². The van der Waals surface area contributed by atoms with Gasteiger partial charge < -0.3 is 14.5 Å². The quantitative estimate of drug-likeness (QED) is 0.697. The number of carbonyl (C=O) groups excluding carboxylic acids is 1. The minimum atomic E-state index is -4.39. The van der Waals surface area contributed by atoms with E-state index in [1.54, 1.807) is 43.7 Å². The molecule has 7 heteroatoms. The summed E-state index contributed by atoms with van der Waals surface area (Å²) < 4.78 is 45.5. The van der Waals surface area contributed by atoms with Crippen LogP contribution in [0.15, 0.2) is 18.2 Å². The Kier molecular flexibility index (Phi) is 4.16. The Morgan fingerprint density at radius 1 is 1.24 bits per heavy atom. The zero-order chi connectivity index (χ0) is 18.6. The number of hydrogen-bond acceptors (Lipinski definition) is 3. The van der Waals surface area contributed by atoms with Crippen molar-refractivity contribution in [2.24, 2.45) is 0 Å². The Bertz CT molecular complexity index is 682. The molecule has 0 radical (unpaired) electrons. The van der Waals surface area contributed by atoms with Crippen molar-refractivity contribution >= 4 is 11.8 Å². The molecule has 0 spiro atoms. The first-order chi connectivity index (χ1) is 11.5. The first-order valence-electron chi connectivity index (χ1n) is 8.40. The maximum Gasteiger partial charge on any atom is 0.418 e. The molecular formula is C18H23F3N2O2. The number of alkyl halides is 3. The highest BCUT2D eigenvalue weighted by Crippen LogP contribution is 2.49. The molecule has 1 aromatic carbocycles. The van der Waals surface area contributed by atoms with Crippen molar-refractivity contribution in [3.8, 4) is 0 Å². The smallest absolute Gasteiger partial charge is 0.418 e. The second-order valence-corrected chi connectivity index (χ2v) is 7.74. The minimum Gasteiger partial charge on any atom is -0.444 e. The van der Waals surface area contributed by atoms with Crippen molar-refractivity contribution in [2.75, 3.05) is 25.0 Å². The summed E-state index contributed by atoms with van der Waals surface area (Å²) >= 11 is 0. The van der Waals surface area contributed by atoms with E-state index in [0.717, 1.165) is 6.07 Å². The fraction of sp³-hybridized carbons (Fsp3) is 0.611. The Hall–Kier alpha value is -1.92. The Morgan fingerprint density at radius 3 is 2.52 bits per heavy atom. The standard InChI is InChI=1S/C18H23F3N2O2/c1-17(2,3)25-16(24)23-9-8-14-12(10-23)11-6-5-7-13(18(19,20)21)15(11)22(14)4/h5-7,12,14H,8-10H2,1-4H3/t12-,14-/m1/s1. The molecule has 1 amide bonds. The summed E-state index contributed by atoms with van der Waals surface area (Å²) in [5.74, 6) is -0.136. The zero-order valence-electron chi connectivity index (χ0n) is 14.9. The number of carbonyl (C=O) groups is 1. The predicted molar refractivity (Wildman–Crippen MR) is 88.8 cm³/mol. The lowest BCUT2D eigenvalue weighted by Gasteiger charge is -2.38. The fourth-order valence-corrected chi connectivity index (χ4v) is 3.85. The average Bonchev–Trinajstić information content (AvgIpc) is 2.77. The van der Waals surface area contributed by atoms with Crippen LogP contribution in [0.3, 0.4) is 0 Å². The number of benzene rings is 1. The molecule has 25 heavy (non-hydrogen) atoms. The van der Waals surface area contributed by atoms with Crippen LogP contribution < -0.4 is 4.90 Å². The van der Waals surface area contributed by atoms with Gasteiger partial charge >= 0.3 is 12.3 Å². The largest absolute Gasteiger partial charge is 0.444 e. The second kappa shape index (κ2) is 5.81. The van der Waals surface area contributed by atoms with Gasteiger partial charge in [0.15, 0.2) is 0 Å². The van der Waals surface area contributed by atoms with Crippen molar-refractivity contribution in [1.82, 2.24) is 4.90 Å².